The highest BCUT2D eigenvalue weighted by Gasteiger charge is 2.26. The Morgan fingerprint density at radius 3 is 2.10 bits per heavy atom. The highest BCUT2D eigenvalue weighted by molar-refractivity contribution is 5.05. The van der Waals surface area contributed by atoms with Gasteiger partial charge in [0.2, 0.25) is 0 Å². The molecule has 0 aromatic heterocycles. The van der Waals surface area contributed by atoms with E-state index in [1.807, 2.05) is 0 Å². The van der Waals surface area contributed by atoms with Gasteiger partial charge in [-0.3, -0.25) is 0 Å². The van der Waals surface area contributed by atoms with E-state index in [2.05, 4.69) is 6.07 Å². The van der Waals surface area contributed by atoms with Crippen LogP contribution in [0.3, 0.4) is 0 Å². The molecule has 1 fully saturated rings. The molecule has 1 aliphatic rings. The summed E-state index contributed by atoms with van der Waals surface area (Å²) in [6.45, 7) is 0. The molecule has 58 valence electrons. The zero-order chi connectivity index (χ0) is 6.74. The molecule has 0 aromatic rings. The van der Waals surface area contributed by atoms with Gasteiger partial charge in [-0.15, -0.1) is 0 Å². The van der Waals surface area contributed by atoms with E-state index in [1.54, 1.807) is 0 Å². The Bertz CT molecular complexity index is 138. The van der Waals surface area contributed by atoms with Crippen molar-refractivity contribution in [1.82, 2.24) is 0 Å². The van der Waals surface area contributed by atoms with E-state index in [1.165, 1.54) is 6.42 Å². The average Bonchev–Trinajstić information content (AvgIpc) is 1.90. The van der Waals surface area contributed by atoms with Gasteiger partial charge in [-0.25, -0.2) is 0 Å². The molecule has 3 heteroatoms. The van der Waals surface area contributed by atoms with Gasteiger partial charge in [-0.05, 0) is 12.8 Å². The van der Waals surface area contributed by atoms with Gasteiger partial charge in [0.15, 0.2) is 0 Å². The van der Waals surface area contributed by atoms with Gasteiger partial charge < -0.3 is 18.1 Å². The molecule has 0 heterocycles. The molecule has 0 aromatic carbocycles. The average molecular weight is 161 g/mol. The van der Waals surface area contributed by atoms with Crippen LogP contribution in [0.2, 0.25) is 0 Å². The minimum absolute atomic E-state index is 0. The number of hydrogen-bond acceptors (Lipinski definition) is 2. The van der Waals surface area contributed by atoms with E-state index in [4.69, 9.17) is 11.0 Å². The maximum Gasteiger partial charge on any atom is 1.00 e. The van der Waals surface area contributed by atoms with Crippen LogP contribution in [0.4, 0.5) is 0 Å². The summed E-state index contributed by atoms with van der Waals surface area (Å²) in [5.41, 5.74) is 5.22. The van der Waals surface area contributed by atoms with E-state index in [-0.39, 0.29) is 13.8 Å². The summed E-state index contributed by atoms with van der Waals surface area (Å²) >= 11 is 0. The minimum atomic E-state index is -0.474. The second-order valence-electron chi connectivity index (χ2n) is 2.83. The van der Waals surface area contributed by atoms with Crippen molar-refractivity contribution < 1.29 is 13.8 Å². The highest BCUT2D eigenvalue weighted by atomic mass is 35.5. The molecule has 1 saturated carbocycles. The second kappa shape index (κ2) is 3.80. The maximum absolute atomic E-state index is 8.58. The molecule has 1 rings (SSSR count). The largest absolute Gasteiger partial charge is 1.00 e. The monoisotopic (exact) mass is 160 g/mol. The highest BCUT2D eigenvalue weighted by Crippen LogP contribution is 2.24. The SMILES string of the molecule is N#CC1(N)CCCCC1.[Cl-].[H+]. The van der Waals surface area contributed by atoms with E-state index in [0.717, 1.165) is 25.7 Å². The van der Waals surface area contributed by atoms with Crippen molar-refractivity contribution in [2.75, 3.05) is 0 Å². The Balaban J connectivity index is 0. The Kier molecular flexibility index (Phi) is 3.70. The summed E-state index contributed by atoms with van der Waals surface area (Å²) in [5.74, 6) is 0. The van der Waals surface area contributed by atoms with Gasteiger partial charge in [0.1, 0.15) is 5.54 Å². The van der Waals surface area contributed by atoms with Crippen LogP contribution in [0.15, 0.2) is 0 Å². The first-order chi connectivity index (χ1) is 4.27. The molecule has 2 nitrogen and oxygen atoms in total. The lowest BCUT2D eigenvalue weighted by Gasteiger charge is -2.25. The Morgan fingerprint density at radius 1 is 1.30 bits per heavy atom. The predicted molar refractivity (Wildman–Crippen MR) is 36.7 cm³/mol. The number of hydrogen-bond donors (Lipinski definition) is 1. The fourth-order valence-electron chi connectivity index (χ4n) is 1.29. The molecule has 2 N–H and O–H groups in total. The molecule has 10 heavy (non-hydrogen) atoms. The lowest BCUT2D eigenvalue weighted by atomic mass is 9.84. The van der Waals surface area contributed by atoms with Crippen molar-refractivity contribution in [3.05, 3.63) is 0 Å². The van der Waals surface area contributed by atoms with Crippen molar-refractivity contribution in [2.45, 2.75) is 37.6 Å². The number of rotatable bonds is 0. The normalized spacial score (nSPS) is 22.4. The van der Waals surface area contributed by atoms with Crippen LogP contribution < -0.4 is 18.1 Å². The second-order valence-corrected chi connectivity index (χ2v) is 2.83. The molecule has 0 aliphatic heterocycles. The van der Waals surface area contributed by atoms with Crippen LogP contribution in [-0.4, -0.2) is 5.54 Å². The van der Waals surface area contributed by atoms with Crippen LogP contribution >= 0.6 is 0 Å². The van der Waals surface area contributed by atoms with Crippen molar-refractivity contribution in [1.29, 1.82) is 5.26 Å². The van der Waals surface area contributed by atoms with Crippen molar-refractivity contribution in [3.63, 3.8) is 0 Å². The van der Waals surface area contributed by atoms with Crippen LogP contribution in [0, 0.1) is 11.3 Å². The molecular formula is C7H13ClN2. The van der Waals surface area contributed by atoms with Gasteiger partial charge >= 0.3 is 1.43 Å². The van der Waals surface area contributed by atoms with Gasteiger partial charge in [0.05, 0.1) is 6.07 Å². The summed E-state index contributed by atoms with van der Waals surface area (Å²) in [6, 6.07) is 2.16. The van der Waals surface area contributed by atoms with Crippen molar-refractivity contribution in [2.24, 2.45) is 5.73 Å². The third-order valence-corrected chi connectivity index (χ3v) is 1.97. The van der Waals surface area contributed by atoms with Gasteiger partial charge in [0, 0.05) is 0 Å². The Labute approximate surface area is 69.3 Å². The first-order valence-electron chi connectivity index (χ1n) is 3.47. The topological polar surface area (TPSA) is 49.8 Å². The van der Waals surface area contributed by atoms with E-state index < -0.39 is 5.54 Å². The lowest BCUT2D eigenvalue weighted by Crippen LogP contribution is -3.00. The lowest BCUT2D eigenvalue weighted by molar-refractivity contribution is -0.00000249. The fraction of sp³-hybridized carbons (Fsp3) is 0.857. The first kappa shape index (κ1) is 9.74. The third-order valence-electron chi connectivity index (χ3n) is 1.97. The third kappa shape index (κ3) is 2.17. The molecule has 0 spiro atoms. The summed E-state index contributed by atoms with van der Waals surface area (Å²) < 4.78 is 0. The molecular weight excluding hydrogens is 148 g/mol. The first-order valence-corrected chi connectivity index (χ1v) is 3.47. The predicted octanol–water partition coefficient (Wildman–Crippen LogP) is -1.71. The number of halogens is 1. The van der Waals surface area contributed by atoms with E-state index in [9.17, 15) is 0 Å². The fourth-order valence-corrected chi connectivity index (χ4v) is 1.29. The molecule has 0 saturated heterocycles. The van der Waals surface area contributed by atoms with Gasteiger partial charge in [0.25, 0.3) is 0 Å². The molecule has 0 amide bonds. The van der Waals surface area contributed by atoms with Crippen LogP contribution in [0.1, 0.15) is 33.5 Å². The summed E-state index contributed by atoms with van der Waals surface area (Å²) in [6.07, 6.45) is 5.29. The molecule has 0 radical (unpaired) electrons. The maximum atomic E-state index is 8.58. The Hall–Kier alpha value is -0.260. The van der Waals surface area contributed by atoms with Gasteiger partial charge in [-0.2, -0.15) is 5.26 Å². The Morgan fingerprint density at radius 2 is 1.80 bits per heavy atom. The zero-order valence-corrected chi connectivity index (χ0v) is 6.69. The zero-order valence-electron chi connectivity index (χ0n) is 6.94. The number of nitrogens with two attached hydrogens (primary N) is 1. The molecule has 0 bridgehead atoms. The van der Waals surface area contributed by atoms with E-state index >= 15 is 0 Å². The summed E-state index contributed by atoms with van der Waals surface area (Å²) in [7, 11) is 0. The molecule has 1 aliphatic carbocycles. The summed E-state index contributed by atoms with van der Waals surface area (Å²) in [5, 5.41) is 8.58. The quantitative estimate of drug-likeness (QED) is 0.459. The van der Waals surface area contributed by atoms with Crippen LogP contribution in [0.5, 0.6) is 0 Å². The van der Waals surface area contributed by atoms with Crippen molar-refractivity contribution >= 4 is 0 Å². The van der Waals surface area contributed by atoms with Crippen molar-refractivity contribution in [3.8, 4) is 6.07 Å². The molecule has 0 atom stereocenters. The van der Waals surface area contributed by atoms with Crippen LogP contribution in [0.25, 0.3) is 0 Å². The molecule has 0 unspecified atom stereocenters. The number of nitriles is 1. The van der Waals surface area contributed by atoms with Gasteiger partial charge in [-0.1, -0.05) is 19.3 Å². The number of nitrogens with zero attached hydrogens (tertiary/aromatic N) is 1. The smallest absolute Gasteiger partial charge is 1.00 e. The van der Waals surface area contributed by atoms with Crippen LogP contribution in [-0.2, 0) is 0 Å². The standard InChI is InChI=1S/C7H12N2.ClH/c8-6-7(9)4-2-1-3-5-7;/h1-5,9H2;1H. The summed E-state index contributed by atoms with van der Waals surface area (Å²) in [4.78, 5) is 0. The minimum Gasteiger partial charge on any atom is -1.00 e. The van der Waals surface area contributed by atoms with E-state index in [0.29, 0.717) is 0 Å².